The molecule has 0 aliphatic carbocycles. The summed E-state index contributed by atoms with van der Waals surface area (Å²) in [5.41, 5.74) is 0. The predicted molar refractivity (Wildman–Crippen MR) is 54.7 cm³/mol. The number of aliphatic hydroxyl groups excluding tert-OH is 2. The summed E-state index contributed by atoms with van der Waals surface area (Å²) in [6.45, 7) is 0.963. The maximum absolute atomic E-state index is 10.8. The first-order valence-corrected chi connectivity index (χ1v) is 5.25. The average Bonchev–Trinajstić information content (AvgIpc) is 2.22. The molecule has 5 nitrogen and oxygen atoms in total. The topological polar surface area (TPSA) is 76.0 Å². The number of carbonyl (C=O) groups is 1. The summed E-state index contributed by atoms with van der Waals surface area (Å²) >= 11 is 10.4. The Morgan fingerprint density at radius 2 is 2.07 bits per heavy atom. The van der Waals surface area contributed by atoms with Crippen molar-refractivity contribution in [2.75, 3.05) is 13.4 Å². The standard InChI is InChI=1S/C8H14Cl2O5/c1-2-5(12)6(3-11)14-4-15-8(13)7(9)10/h5-7,11-12H,2-4H2,1H3/t5-,6?/m0/s1. The summed E-state index contributed by atoms with van der Waals surface area (Å²) in [6, 6.07) is 0. The van der Waals surface area contributed by atoms with Gasteiger partial charge in [-0.25, -0.2) is 4.79 Å². The number of ether oxygens (including phenoxy) is 2. The quantitative estimate of drug-likeness (QED) is 0.395. The van der Waals surface area contributed by atoms with Crippen molar-refractivity contribution < 1.29 is 24.5 Å². The van der Waals surface area contributed by atoms with Crippen molar-refractivity contribution in [3.05, 3.63) is 0 Å². The van der Waals surface area contributed by atoms with Gasteiger partial charge in [-0.3, -0.25) is 0 Å². The molecule has 0 aliphatic rings. The van der Waals surface area contributed by atoms with E-state index in [1.807, 2.05) is 0 Å². The molecule has 0 spiro atoms. The molecule has 0 aromatic carbocycles. The van der Waals surface area contributed by atoms with Gasteiger partial charge in [0.1, 0.15) is 6.10 Å². The van der Waals surface area contributed by atoms with Gasteiger partial charge < -0.3 is 19.7 Å². The van der Waals surface area contributed by atoms with Gasteiger partial charge in [0.2, 0.25) is 4.84 Å². The van der Waals surface area contributed by atoms with Crippen LogP contribution < -0.4 is 0 Å². The van der Waals surface area contributed by atoms with Crippen LogP contribution in [-0.4, -0.2) is 46.6 Å². The van der Waals surface area contributed by atoms with Crippen LogP contribution in [0.1, 0.15) is 13.3 Å². The molecule has 0 saturated heterocycles. The Kier molecular flexibility index (Phi) is 8.09. The molecule has 2 N–H and O–H groups in total. The molecule has 0 fully saturated rings. The van der Waals surface area contributed by atoms with Crippen molar-refractivity contribution in [3.8, 4) is 0 Å². The Labute approximate surface area is 97.9 Å². The summed E-state index contributed by atoms with van der Waals surface area (Å²) in [6.07, 6.45) is -1.17. The first kappa shape index (κ1) is 14.9. The average molecular weight is 261 g/mol. The van der Waals surface area contributed by atoms with E-state index in [1.54, 1.807) is 6.92 Å². The predicted octanol–water partition coefficient (Wildman–Crippen LogP) is 0.439. The van der Waals surface area contributed by atoms with Crippen molar-refractivity contribution >= 4 is 29.2 Å². The third-order valence-electron chi connectivity index (χ3n) is 1.69. The smallest absolute Gasteiger partial charge is 0.341 e. The van der Waals surface area contributed by atoms with E-state index in [4.69, 9.17) is 33.0 Å². The molecule has 1 unspecified atom stereocenters. The maximum atomic E-state index is 10.8. The second-order valence-corrected chi connectivity index (χ2v) is 3.84. The van der Waals surface area contributed by atoms with E-state index in [1.165, 1.54) is 0 Å². The number of carbonyl (C=O) groups excluding carboxylic acids is 1. The van der Waals surface area contributed by atoms with Gasteiger partial charge in [-0.15, -0.1) is 0 Å². The monoisotopic (exact) mass is 260 g/mol. The Balaban J connectivity index is 3.77. The molecular weight excluding hydrogens is 247 g/mol. The highest BCUT2D eigenvalue weighted by molar-refractivity contribution is 6.52. The highest BCUT2D eigenvalue weighted by atomic mass is 35.5. The molecule has 0 radical (unpaired) electrons. The molecule has 7 heteroatoms. The highest BCUT2D eigenvalue weighted by Crippen LogP contribution is 2.06. The fourth-order valence-electron chi connectivity index (χ4n) is 0.791. The molecule has 2 atom stereocenters. The van der Waals surface area contributed by atoms with Crippen LogP contribution in [0.4, 0.5) is 0 Å². The second kappa shape index (κ2) is 8.13. The molecule has 15 heavy (non-hydrogen) atoms. The van der Waals surface area contributed by atoms with Crippen LogP contribution >= 0.6 is 23.2 Å². The van der Waals surface area contributed by atoms with Crippen molar-refractivity contribution in [3.63, 3.8) is 0 Å². The van der Waals surface area contributed by atoms with Crippen molar-refractivity contribution in [2.24, 2.45) is 0 Å². The summed E-state index contributed by atoms with van der Waals surface area (Å²) in [5.74, 6) is -0.832. The van der Waals surface area contributed by atoms with Crippen LogP contribution in [-0.2, 0) is 14.3 Å². The molecule has 0 bridgehead atoms. The number of alkyl halides is 2. The fraction of sp³-hybridized carbons (Fsp3) is 0.875. The lowest BCUT2D eigenvalue weighted by Crippen LogP contribution is -2.33. The second-order valence-electron chi connectivity index (χ2n) is 2.75. The highest BCUT2D eigenvalue weighted by Gasteiger charge is 2.19. The molecule has 0 rings (SSSR count). The van der Waals surface area contributed by atoms with Crippen molar-refractivity contribution in [2.45, 2.75) is 30.4 Å². The van der Waals surface area contributed by atoms with Gasteiger partial charge in [0.05, 0.1) is 12.7 Å². The van der Waals surface area contributed by atoms with E-state index in [0.29, 0.717) is 6.42 Å². The first-order valence-electron chi connectivity index (χ1n) is 4.38. The molecule has 0 aromatic rings. The lowest BCUT2D eigenvalue weighted by molar-refractivity contribution is -0.168. The molecule has 0 saturated carbocycles. The van der Waals surface area contributed by atoms with E-state index >= 15 is 0 Å². The molecule has 0 amide bonds. The van der Waals surface area contributed by atoms with E-state index in [2.05, 4.69) is 4.74 Å². The minimum atomic E-state index is -1.27. The van der Waals surface area contributed by atoms with Crippen molar-refractivity contribution in [1.29, 1.82) is 0 Å². The lowest BCUT2D eigenvalue weighted by Gasteiger charge is -2.19. The van der Waals surface area contributed by atoms with Gasteiger partial charge in [0.15, 0.2) is 6.79 Å². The minimum Gasteiger partial charge on any atom is -0.436 e. The third-order valence-corrected chi connectivity index (χ3v) is 2.05. The Morgan fingerprint density at radius 3 is 2.47 bits per heavy atom. The van der Waals surface area contributed by atoms with Crippen LogP contribution in [0.15, 0.2) is 0 Å². The zero-order chi connectivity index (χ0) is 11.8. The number of aliphatic hydroxyl groups is 2. The Hall–Kier alpha value is -0.0700. The third kappa shape index (κ3) is 6.17. The van der Waals surface area contributed by atoms with E-state index in [-0.39, 0.29) is 6.61 Å². The molecule has 90 valence electrons. The summed E-state index contributed by atoms with van der Waals surface area (Å²) in [4.78, 5) is 9.49. The SMILES string of the molecule is CC[C@H](O)C(CO)OCOC(=O)C(Cl)Cl. The summed E-state index contributed by atoms with van der Waals surface area (Å²) in [5, 5.41) is 18.1. The Morgan fingerprint density at radius 1 is 1.47 bits per heavy atom. The van der Waals surface area contributed by atoms with Crippen LogP contribution in [0.2, 0.25) is 0 Å². The van der Waals surface area contributed by atoms with Gasteiger partial charge in [0.25, 0.3) is 0 Å². The number of halogens is 2. The van der Waals surface area contributed by atoms with Crippen LogP contribution in [0, 0.1) is 0 Å². The zero-order valence-electron chi connectivity index (χ0n) is 8.23. The van der Waals surface area contributed by atoms with Crippen LogP contribution in [0.3, 0.4) is 0 Å². The minimum absolute atomic E-state index is 0.363. The lowest BCUT2D eigenvalue weighted by atomic mass is 10.2. The molecule has 0 aromatic heterocycles. The summed E-state index contributed by atoms with van der Waals surface area (Å²) in [7, 11) is 0. The van der Waals surface area contributed by atoms with Gasteiger partial charge >= 0.3 is 5.97 Å². The van der Waals surface area contributed by atoms with Gasteiger partial charge in [-0.2, -0.15) is 0 Å². The van der Waals surface area contributed by atoms with E-state index in [9.17, 15) is 9.90 Å². The van der Waals surface area contributed by atoms with Crippen molar-refractivity contribution in [1.82, 2.24) is 0 Å². The maximum Gasteiger partial charge on any atom is 0.341 e. The van der Waals surface area contributed by atoms with Gasteiger partial charge in [-0.1, -0.05) is 30.1 Å². The Bertz CT molecular complexity index is 188. The molecular formula is C8H14Cl2O5. The number of hydrogen-bond donors (Lipinski definition) is 2. The van der Waals surface area contributed by atoms with Crippen LogP contribution in [0.5, 0.6) is 0 Å². The fourth-order valence-corrected chi connectivity index (χ4v) is 0.917. The summed E-state index contributed by atoms with van der Waals surface area (Å²) < 4.78 is 9.39. The number of hydrogen-bond acceptors (Lipinski definition) is 5. The van der Waals surface area contributed by atoms with E-state index in [0.717, 1.165) is 0 Å². The molecule has 0 aliphatic heterocycles. The number of esters is 1. The van der Waals surface area contributed by atoms with E-state index < -0.39 is 29.8 Å². The first-order chi connectivity index (χ1) is 7.02. The van der Waals surface area contributed by atoms with Gasteiger partial charge in [0, 0.05) is 0 Å². The zero-order valence-corrected chi connectivity index (χ0v) is 9.74. The molecule has 0 heterocycles. The number of rotatable bonds is 7. The normalized spacial score (nSPS) is 15.1. The largest absolute Gasteiger partial charge is 0.436 e. The van der Waals surface area contributed by atoms with Crippen LogP contribution in [0.25, 0.3) is 0 Å². The van der Waals surface area contributed by atoms with Gasteiger partial charge in [-0.05, 0) is 6.42 Å².